The van der Waals surface area contributed by atoms with Crippen LogP contribution in [-0.4, -0.2) is 15.7 Å². The fourth-order valence-corrected chi connectivity index (χ4v) is 1.63. The molecule has 1 aromatic carbocycles. The van der Waals surface area contributed by atoms with Crippen molar-refractivity contribution in [2.75, 3.05) is 5.32 Å². The van der Waals surface area contributed by atoms with Gasteiger partial charge in [-0.3, -0.25) is 9.48 Å². The number of nitrogens with one attached hydrogen (secondary N) is 1. The van der Waals surface area contributed by atoms with E-state index in [1.807, 2.05) is 31.2 Å². The zero-order valence-corrected chi connectivity index (χ0v) is 10.4. The summed E-state index contributed by atoms with van der Waals surface area (Å²) in [6.07, 6.45) is 3.31. The first-order valence-electron chi connectivity index (χ1n) is 5.68. The maximum Gasteiger partial charge on any atom is 0.245 e. The monoisotopic (exact) mass is 244 g/mol. The van der Waals surface area contributed by atoms with Gasteiger partial charge in [-0.2, -0.15) is 5.10 Å². The van der Waals surface area contributed by atoms with E-state index in [0.29, 0.717) is 5.69 Å². The molecule has 0 radical (unpaired) electrons. The van der Waals surface area contributed by atoms with Gasteiger partial charge in [0.25, 0.3) is 0 Å². The van der Waals surface area contributed by atoms with E-state index in [2.05, 4.69) is 10.4 Å². The Labute approximate surface area is 106 Å². The first-order chi connectivity index (χ1) is 8.56. The van der Waals surface area contributed by atoms with Gasteiger partial charge >= 0.3 is 0 Å². The third-order valence-electron chi connectivity index (χ3n) is 2.69. The number of nitrogens with zero attached hydrogens (tertiary/aromatic N) is 2. The number of nitrogens with two attached hydrogens (primary N) is 1. The second kappa shape index (κ2) is 5.01. The van der Waals surface area contributed by atoms with Crippen LogP contribution in [0.4, 0.5) is 5.69 Å². The van der Waals surface area contributed by atoms with E-state index in [0.717, 1.165) is 11.1 Å². The summed E-state index contributed by atoms with van der Waals surface area (Å²) in [4.78, 5) is 11.9. The maximum absolute atomic E-state index is 11.9. The molecule has 2 aromatic rings. The lowest BCUT2D eigenvalue weighted by Gasteiger charge is -2.11. The molecule has 0 aliphatic carbocycles. The van der Waals surface area contributed by atoms with Crippen LogP contribution in [0.25, 0.3) is 0 Å². The quantitative estimate of drug-likeness (QED) is 0.856. The second-order valence-electron chi connectivity index (χ2n) is 4.28. The number of hydrogen-bond donors (Lipinski definition) is 2. The smallest absolute Gasteiger partial charge is 0.245 e. The number of aryl methyl sites for hydroxylation is 2. The molecule has 0 spiro atoms. The van der Waals surface area contributed by atoms with Crippen molar-refractivity contribution in [3.8, 4) is 0 Å². The van der Waals surface area contributed by atoms with Crippen LogP contribution in [0, 0.1) is 6.92 Å². The summed E-state index contributed by atoms with van der Waals surface area (Å²) >= 11 is 0. The molecule has 1 heterocycles. The molecule has 1 unspecified atom stereocenters. The highest BCUT2D eigenvalue weighted by molar-refractivity contribution is 5.95. The Bertz CT molecular complexity index is 544. The average molecular weight is 244 g/mol. The highest BCUT2D eigenvalue weighted by Gasteiger charge is 2.16. The minimum absolute atomic E-state index is 0.244. The normalized spacial score (nSPS) is 12.2. The van der Waals surface area contributed by atoms with Crippen molar-refractivity contribution in [2.45, 2.75) is 13.0 Å². The van der Waals surface area contributed by atoms with Crippen molar-refractivity contribution in [1.29, 1.82) is 0 Å². The largest absolute Gasteiger partial charge is 0.322 e. The van der Waals surface area contributed by atoms with E-state index in [-0.39, 0.29) is 5.91 Å². The van der Waals surface area contributed by atoms with Crippen LogP contribution in [0.1, 0.15) is 17.2 Å². The van der Waals surface area contributed by atoms with Crippen LogP contribution >= 0.6 is 0 Å². The van der Waals surface area contributed by atoms with Gasteiger partial charge < -0.3 is 11.1 Å². The fraction of sp³-hybridized carbons (Fsp3) is 0.231. The molecule has 0 saturated heterocycles. The van der Waals surface area contributed by atoms with Crippen LogP contribution in [0.5, 0.6) is 0 Å². The third-order valence-corrected chi connectivity index (χ3v) is 2.69. The van der Waals surface area contributed by atoms with Crippen molar-refractivity contribution in [2.24, 2.45) is 12.8 Å². The summed E-state index contributed by atoms with van der Waals surface area (Å²) in [5, 5.41) is 6.70. The van der Waals surface area contributed by atoms with Crippen LogP contribution in [0.15, 0.2) is 36.7 Å². The Morgan fingerprint density at radius 1 is 1.39 bits per heavy atom. The highest BCUT2D eigenvalue weighted by Crippen LogP contribution is 2.14. The maximum atomic E-state index is 11.9. The number of hydrogen-bond acceptors (Lipinski definition) is 3. The minimum Gasteiger partial charge on any atom is -0.322 e. The van der Waals surface area contributed by atoms with E-state index in [1.54, 1.807) is 24.1 Å². The van der Waals surface area contributed by atoms with Gasteiger partial charge in [-0.25, -0.2) is 0 Å². The summed E-state index contributed by atoms with van der Waals surface area (Å²) in [5.41, 5.74) is 8.48. The molecule has 0 aliphatic rings. The summed E-state index contributed by atoms with van der Waals surface area (Å²) in [5.74, 6) is -0.244. The fourth-order valence-electron chi connectivity index (χ4n) is 1.63. The first-order valence-corrected chi connectivity index (χ1v) is 5.68. The Morgan fingerprint density at radius 3 is 2.61 bits per heavy atom. The first kappa shape index (κ1) is 12.3. The molecule has 18 heavy (non-hydrogen) atoms. The van der Waals surface area contributed by atoms with E-state index in [4.69, 9.17) is 5.73 Å². The van der Waals surface area contributed by atoms with Crippen molar-refractivity contribution in [3.63, 3.8) is 0 Å². The van der Waals surface area contributed by atoms with Crippen molar-refractivity contribution in [3.05, 3.63) is 47.8 Å². The van der Waals surface area contributed by atoms with Crippen LogP contribution in [0.2, 0.25) is 0 Å². The molecule has 0 saturated carbocycles. The van der Waals surface area contributed by atoms with Crippen LogP contribution in [0.3, 0.4) is 0 Å². The van der Waals surface area contributed by atoms with Gasteiger partial charge in [0.15, 0.2) is 0 Å². The number of carbonyl (C=O) groups is 1. The lowest BCUT2D eigenvalue weighted by molar-refractivity contribution is -0.117. The molecule has 1 amide bonds. The number of carbonyl (C=O) groups excluding carboxylic acids is 1. The van der Waals surface area contributed by atoms with E-state index >= 15 is 0 Å². The molecule has 3 N–H and O–H groups in total. The van der Waals surface area contributed by atoms with Crippen molar-refractivity contribution < 1.29 is 4.79 Å². The summed E-state index contributed by atoms with van der Waals surface area (Å²) in [6, 6.07) is 6.93. The van der Waals surface area contributed by atoms with Gasteiger partial charge in [-0.05, 0) is 12.5 Å². The lowest BCUT2D eigenvalue weighted by Crippen LogP contribution is -2.27. The molecule has 2 rings (SSSR count). The van der Waals surface area contributed by atoms with Gasteiger partial charge in [-0.15, -0.1) is 0 Å². The molecular weight excluding hydrogens is 228 g/mol. The Morgan fingerprint density at radius 2 is 2.06 bits per heavy atom. The number of anilines is 1. The molecule has 0 aliphatic heterocycles. The Kier molecular flexibility index (Phi) is 3.43. The predicted octanol–water partition coefficient (Wildman–Crippen LogP) is 1.37. The van der Waals surface area contributed by atoms with Crippen LogP contribution in [-0.2, 0) is 11.8 Å². The van der Waals surface area contributed by atoms with Gasteiger partial charge in [0.05, 0.1) is 11.9 Å². The van der Waals surface area contributed by atoms with E-state index < -0.39 is 6.04 Å². The second-order valence-corrected chi connectivity index (χ2v) is 4.28. The zero-order chi connectivity index (χ0) is 13.1. The predicted molar refractivity (Wildman–Crippen MR) is 69.9 cm³/mol. The molecule has 5 heteroatoms. The Balaban J connectivity index is 2.07. The highest BCUT2D eigenvalue weighted by atomic mass is 16.2. The Hall–Kier alpha value is -2.14. The van der Waals surface area contributed by atoms with Gasteiger partial charge in [0.2, 0.25) is 5.91 Å². The number of amides is 1. The van der Waals surface area contributed by atoms with Crippen molar-refractivity contribution >= 4 is 11.6 Å². The topological polar surface area (TPSA) is 72.9 Å². The molecule has 94 valence electrons. The van der Waals surface area contributed by atoms with Crippen LogP contribution < -0.4 is 11.1 Å². The molecular formula is C13H16N4O. The minimum atomic E-state index is -0.675. The summed E-state index contributed by atoms with van der Waals surface area (Å²) in [7, 11) is 1.79. The third kappa shape index (κ3) is 2.75. The standard InChI is InChI=1S/C13H16N4O/c1-9-3-5-10(6-4-9)12(14)13(18)16-11-7-15-17(2)8-11/h3-8,12H,14H2,1-2H3,(H,16,18). The summed E-state index contributed by atoms with van der Waals surface area (Å²) < 4.78 is 1.62. The van der Waals surface area contributed by atoms with E-state index in [9.17, 15) is 4.79 Å². The number of aromatic nitrogens is 2. The van der Waals surface area contributed by atoms with Gasteiger partial charge in [-0.1, -0.05) is 29.8 Å². The molecule has 1 atom stereocenters. The lowest BCUT2D eigenvalue weighted by atomic mass is 10.1. The number of benzene rings is 1. The van der Waals surface area contributed by atoms with Gasteiger partial charge in [0.1, 0.15) is 6.04 Å². The number of rotatable bonds is 3. The van der Waals surface area contributed by atoms with Gasteiger partial charge in [0, 0.05) is 13.2 Å². The molecule has 5 nitrogen and oxygen atoms in total. The molecule has 0 bridgehead atoms. The summed E-state index contributed by atoms with van der Waals surface area (Å²) in [6.45, 7) is 1.99. The zero-order valence-electron chi connectivity index (χ0n) is 10.4. The molecule has 1 aromatic heterocycles. The molecule has 0 fully saturated rings. The SMILES string of the molecule is Cc1ccc(C(N)C(=O)Nc2cnn(C)c2)cc1. The van der Waals surface area contributed by atoms with E-state index in [1.165, 1.54) is 0 Å². The average Bonchev–Trinajstić information content (AvgIpc) is 2.75. The van der Waals surface area contributed by atoms with Crippen molar-refractivity contribution in [1.82, 2.24) is 9.78 Å².